The fraction of sp³-hybridized carbons (Fsp3) is 0.545. The molecule has 0 amide bonds. The molecule has 0 radical (unpaired) electrons. The summed E-state index contributed by atoms with van der Waals surface area (Å²) in [6.07, 6.45) is 3.77. The molecular weight excluding hydrogens is 277 g/mol. The van der Waals surface area contributed by atoms with Gasteiger partial charge >= 0.3 is 0 Å². The molecule has 2 rings (SSSR count). The van der Waals surface area contributed by atoms with Crippen molar-refractivity contribution in [2.45, 2.75) is 12.8 Å². The Morgan fingerprint density at radius 3 is 2.93 bits per heavy atom. The van der Waals surface area contributed by atoms with Gasteiger partial charge in [0.05, 0.1) is 6.61 Å². The van der Waals surface area contributed by atoms with Crippen molar-refractivity contribution in [1.29, 1.82) is 0 Å². The van der Waals surface area contributed by atoms with Crippen LogP contribution in [0.5, 0.6) is 0 Å². The second-order valence-electron chi connectivity index (χ2n) is 4.08. The highest BCUT2D eigenvalue weighted by Gasteiger charge is 2.34. The summed E-state index contributed by atoms with van der Waals surface area (Å²) in [5.74, 6) is 0.644. The predicted octanol–water partition coefficient (Wildman–Crippen LogP) is 3.03. The Kier molecular flexibility index (Phi) is 3.65. The molecule has 0 spiro atoms. The van der Waals surface area contributed by atoms with Crippen molar-refractivity contribution in [2.24, 2.45) is 5.41 Å². The summed E-state index contributed by atoms with van der Waals surface area (Å²) in [6.45, 7) is 1.58. The maximum absolute atomic E-state index is 6.03. The Hall–Kier alpha value is -0.120. The van der Waals surface area contributed by atoms with Crippen LogP contribution in [0.25, 0.3) is 0 Å². The first kappa shape index (κ1) is 11.4. The van der Waals surface area contributed by atoms with E-state index in [1.807, 2.05) is 18.3 Å². The predicted molar refractivity (Wildman–Crippen MR) is 64.2 cm³/mol. The average Bonchev–Trinajstić information content (AvgIpc) is 2.71. The van der Waals surface area contributed by atoms with Crippen LogP contribution in [0.4, 0.5) is 0 Å². The molecule has 2 nitrogen and oxygen atoms in total. The normalized spacial score (nSPS) is 25.7. The molecule has 1 fully saturated rings. The van der Waals surface area contributed by atoms with Crippen LogP contribution in [0.15, 0.2) is 22.8 Å². The molecule has 2 heterocycles. The van der Waals surface area contributed by atoms with Crippen LogP contribution >= 0.6 is 27.5 Å². The van der Waals surface area contributed by atoms with E-state index in [0.29, 0.717) is 5.88 Å². The summed E-state index contributed by atoms with van der Waals surface area (Å²) in [6, 6.07) is 4.05. The number of halogens is 2. The monoisotopic (exact) mass is 289 g/mol. The molecule has 0 aromatic carbocycles. The summed E-state index contributed by atoms with van der Waals surface area (Å²) in [4.78, 5) is 4.37. The minimum Gasteiger partial charge on any atom is -0.381 e. The molecule has 1 aliphatic heterocycles. The molecule has 1 atom stereocenters. The molecule has 82 valence electrons. The number of nitrogens with zero attached hydrogens (tertiary/aromatic N) is 1. The lowest BCUT2D eigenvalue weighted by atomic mass is 9.84. The fourth-order valence-corrected chi connectivity index (χ4v) is 2.38. The standard InChI is InChI=1S/C11H13BrClNO/c12-9-1-2-10(14-6-9)5-11(7-13)3-4-15-8-11/h1-2,6H,3-5,7-8H2. The highest BCUT2D eigenvalue weighted by atomic mass is 79.9. The van der Waals surface area contributed by atoms with E-state index >= 15 is 0 Å². The average molecular weight is 291 g/mol. The van der Waals surface area contributed by atoms with Crippen molar-refractivity contribution >= 4 is 27.5 Å². The molecule has 0 bridgehead atoms. The number of hydrogen-bond donors (Lipinski definition) is 0. The lowest BCUT2D eigenvalue weighted by Crippen LogP contribution is -2.26. The van der Waals surface area contributed by atoms with E-state index in [0.717, 1.165) is 36.2 Å². The van der Waals surface area contributed by atoms with Gasteiger partial charge in [0, 0.05) is 34.3 Å². The maximum Gasteiger partial charge on any atom is 0.0538 e. The Morgan fingerprint density at radius 2 is 2.40 bits per heavy atom. The second-order valence-corrected chi connectivity index (χ2v) is 5.26. The molecule has 1 aliphatic rings. The van der Waals surface area contributed by atoms with Gasteiger partial charge in [-0.25, -0.2) is 0 Å². The molecule has 4 heteroatoms. The maximum atomic E-state index is 6.03. The summed E-state index contributed by atoms with van der Waals surface area (Å²) in [7, 11) is 0. The van der Waals surface area contributed by atoms with E-state index in [1.54, 1.807) is 0 Å². The summed E-state index contributed by atoms with van der Waals surface area (Å²) < 4.78 is 6.43. The van der Waals surface area contributed by atoms with Gasteiger partial charge < -0.3 is 4.74 Å². The van der Waals surface area contributed by atoms with Crippen molar-refractivity contribution in [3.63, 3.8) is 0 Å². The zero-order chi connectivity index (χ0) is 10.7. The zero-order valence-corrected chi connectivity index (χ0v) is 10.7. The van der Waals surface area contributed by atoms with Crippen LogP contribution in [-0.4, -0.2) is 24.1 Å². The van der Waals surface area contributed by atoms with Crippen LogP contribution in [-0.2, 0) is 11.2 Å². The summed E-state index contributed by atoms with van der Waals surface area (Å²) in [5, 5.41) is 0. The first-order valence-corrected chi connectivity index (χ1v) is 6.31. The van der Waals surface area contributed by atoms with Gasteiger partial charge in [0.1, 0.15) is 0 Å². The van der Waals surface area contributed by atoms with Gasteiger partial charge in [0.25, 0.3) is 0 Å². The highest BCUT2D eigenvalue weighted by molar-refractivity contribution is 9.10. The Morgan fingerprint density at radius 1 is 1.53 bits per heavy atom. The van der Waals surface area contributed by atoms with Gasteiger partial charge in [-0.1, -0.05) is 0 Å². The molecule has 1 saturated heterocycles. The number of ether oxygens (including phenoxy) is 1. The molecular formula is C11H13BrClNO. The molecule has 15 heavy (non-hydrogen) atoms. The number of pyridine rings is 1. The topological polar surface area (TPSA) is 22.1 Å². The largest absolute Gasteiger partial charge is 0.381 e. The van der Waals surface area contributed by atoms with Gasteiger partial charge in [0.15, 0.2) is 0 Å². The summed E-state index contributed by atoms with van der Waals surface area (Å²) in [5.41, 5.74) is 1.19. The van der Waals surface area contributed by atoms with Crippen LogP contribution in [0, 0.1) is 5.41 Å². The zero-order valence-electron chi connectivity index (χ0n) is 8.38. The lowest BCUT2D eigenvalue weighted by Gasteiger charge is -2.23. The van der Waals surface area contributed by atoms with E-state index in [2.05, 4.69) is 20.9 Å². The van der Waals surface area contributed by atoms with Crippen molar-refractivity contribution in [2.75, 3.05) is 19.1 Å². The molecule has 1 aromatic heterocycles. The highest BCUT2D eigenvalue weighted by Crippen LogP contribution is 2.33. The Balaban J connectivity index is 2.09. The fourth-order valence-electron chi connectivity index (χ4n) is 1.84. The van der Waals surface area contributed by atoms with Crippen LogP contribution in [0.2, 0.25) is 0 Å². The Labute approximate surface area is 103 Å². The third kappa shape index (κ3) is 2.71. The van der Waals surface area contributed by atoms with E-state index in [4.69, 9.17) is 16.3 Å². The SMILES string of the molecule is ClCC1(Cc2ccc(Br)cn2)CCOC1. The first-order valence-electron chi connectivity index (χ1n) is 4.98. The van der Waals surface area contributed by atoms with Crippen molar-refractivity contribution in [3.8, 4) is 0 Å². The third-order valence-electron chi connectivity index (χ3n) is 2.81. The van der Waals surface area contributed by atoms with Gasteiger partial charge in [0.2, 0.25) is 0 Å². The van der Waals surface area contributed by atoms with E-state index in [1.165, 1.54) is 0 Å². The third-order valence-corrected chi connectivity index (χ3v) is 3.85. The second kappa shape index (κ2) is 4.81. The molecule has 0 aliphatic carbocycles. The first-order chi connectivity index (χ1) is 7.24. The van der Waals surface area contributed by atoms with Crippen molar-refractivity contribution in [1.82, 2.24) is 4.98 Å². The number of aromatic nitrogens is 1. The number of rotatable bonds is 3. The van der Waals surface area contributed by atoms with Gasteiger partial charge in [-0.3, -0.25) is 4.98 Å². The smallest absolute Gasteiger partial charge is 0.0538 e. The number of alkyl halides is 1. The van der Waals surface area contributed by atoms with Crippen molar-refractivity contribution < 1.29 is 4.74 Å². The summed E-state index contributed by atoms with van der Waals surface area (Å²) >= 11 is 9.40. The van der Waals surface area contributed by atoms with Crippen LogP contribution in [0.1, 0.15) is 12.1 Å². The quantitative estimate of drug-likeness (QED) is 0.798. The molecule has 0 saturated carbocycles. The van der Waals surface area contributed by atoms with E-state index in [9.17, 15) is 0 Å². The molecule has 0 N–H and O–H groups in total. The van der Waals surface area contributed by atoms with E-state index in [-0.39, 0.29) is 5.41 Å². The van der Waals surface area contributed by atoms with Crippen LogP contribution in [0.3, 0.4) is 0 Å². The lowest BCUT2D eigenvalue weighted by molar-refractivity contribution is 0.160. The van der Waals surface area contributed by atoms with Gasteiger partial charge in [-0.05, 0) is 40.9 Å². The Bertz CT molecular complexity index is 322. The number of hydrogen-bond acceptors (Lipinski definition) is 2. The van der Waals surface area contributed by atoms with Crippen molar-refractivity contribution in [3.05, 3.63) is 28.5 Å². The minimum absolute atomic E-state index is 0.0996. The van der Waals surface area contributed by atoms with Crippen LogP contribution < -0.4 is 0 Å². The molecule has 1 aromatic rings. The van der Waals surface area contributed by atoms with Gasteiger partial charge in [-0.15, -0.1) is 11.6 Å². The minimum atomic E-state index is 0.0996. The van der Waals surface area contributed by atoms with E-state index < -0.39 is 0 Å². The van der Waals surface area contributed by atoms with Gasteiger partial charge in [-0.2, -0.15) is 0 Å². The molecule has 1 unspecified atom stereocenters.